The molecule has 3 aromatic rings. The summed E-state index contributed by atoms with van der Waals surface area (Å²) in [7, 11) is 0. The molecule has 0 saturated carbocycles. The summed E-state index contributed by atoms with van der Waals surface area (Å²) < 4.78 is 29.3. The number of rotatable bonds is 10. The van der Waals surface area contributed by atoms with E-state index in [4.69, 9.17) is 14.2 Å². The van der Waals surface area contributed by atoms with Crippen LogP contribution < -0.4 is 14.2 Å². The van der Waals surface area contributed by atoms with Gasteiger partial charge in [0.05, 0.1) is 0 Å². The monoisotopic (exact) mass is 394 g/mol. The Hall–Kier alpha value is -3.67. The highest BCUT2D eigenvalue weighted by molar-refractivity contribution is 5.97. The lowest BCUT2D eigenvalue weighted by molar-refractivity contribution is -0.132. The minimum atomic E-state index is -1.30. The molecule has 0 aliphatic rings. The number of benzene rings is 3. The second kappa shape index (κ2) is 10.0. The van der Waals surface area contributed by atoms with Gasteiger partial charge in [-0.05, 0) is 54.1 Å². The first-order valence-electron chi connectivity index (χ1n) is 8.94. The Morgan fingerprint density at radius 1 is 0.828 bits per heavy atom. The Labute approximate surface area is 167 Å². The van der Waals surface area contributed by atoms with Gasteiger partial charge in [-0.15, -0.1) is 0 Å². The molecule has 148 valence electrons. The van der Waals surface area contributed by atoms with Crippen LogP contribution in [0.2, 0.25) is 0 Å². The van der Waals surface area contributed by atoms with Gasteiger partial charge in [0.25, 0.3) is 0 Å². The van der Waals surface area contributed by atoms with Crippen molar-refractivity contribution in [2.75, 3.05) is 6.61 Å². The van der Waals surface area contributed by atoms with Crippen LogP contribution in [0.3, 0.4) is 0 Å². The highest BCUT2D eigenvalue weighted by Gasteiger charge is 2.20. The maximum Gasteiger partial charge on any atom is 0.217 e. The minimum absolute atomic E-state index is 0.323. The maximum absolute atomic E-state index is 12.9. The molecule has 0 bridgehead atoms. The van der Waals surface area contributed by atoms with Crippen molar-refractivity contribution in [3.8, 4) is 17.2 Å². The first kappa shape index (κ1) is 20.1. The second-order valence-corrected chi connectivity index (χ2v) is 6.13. The van der Waals surface area contributed by atoms with Crippen LogP contribution in [0.4, 0.5) is 4.39 Å². The lowest BCUT2D eigenvalue weighted by Gasteiger charge is -2.14. The molecular weight excluding hydrogens is 375 g/mol. The van der Waals surface area contributed by atoms with Crippen LogP contribution in [0.1, 0.15) is 5.56 Å². The molecule has 5 nitrogen and oxygen atoms in total. The summed E-state index contributed by atoms with van der Waals surface area (Å²) in [5.41, 5.74) is 1.04. The predicted octanol–water partition coefficient (Wildman–Crippen LogP) is 4.00. The zero-order valence-corrected chi connectivity index (χ0v) is 15.5. The SMILES string of the molecule is O=CC(Oc1ccc(OCc2ccccc2)cc1)C(=O)COc1ccc(F)cc1. The van der Waals surface area contributed by atoms with Gasteiger partial charge in [0, 0.05) is 0 Å². The van der Waals surface area contributed by atoms with Gasteiger partial charge >= 0.3 is 0 Å². The van der Waals surface area contributed by atoms with Crippen LogP contribution >= 0.6 is 0 Å². The molecule has 0 amide bonds. The van der Waals surface area contributed by atoms with Crippen molar-refractivity contribution >= 4 is 12.1 Å². The van der Waals surface area contributed by atoms with E-state index in [1.165, 1.54) is 24.3 Å². The molecule has 29 heavy (non-hydrogen) atoms. The van der Waals surface area contributed by atoms with Gasteiger partial charge in [-0.2, -0.15) is 0 Å². The highest BCUT2D eigenvalue weighted by Crippen LogP contribution is 2.20. The van der Waals surface area contributed by atoms with E-state index in [1.54, 1.807) is 24.3 Å². The number of hydrogen-bond donors (Lipinski definition) is 0. The molecule has 6 heteroatoms. The topological polar surface area (TPSA) is 61.8 Å². The molecule has 0 heterocycles. The molecule has 3 rings (SSSR count). The summed E-state index contributed by atoms with van der Waals surface area (Å²) in [6, 6.07) is 21.6. The number of Topliss-reactive ketones (excluding diaryl/α,β-unsaturated/α-hetero) is 1. The average molecular weight is 394 g/mol. The zero-order chi connectivity index (χ0) is 20.5. The van der Waals surface area contributed by atoms with E-state index in [1.807, 2.05) is 30.3 Å². The number of carbonyl (C=O) groups is 2. The molecule has 0 fully saturated rings. The van der Waals surface area contributed by atoms with Crippen LogP contribution in [-0.4, -0.2) is 24.8 Å². The summed E-state index contributed by atoms with van der Waals surface area (Å²) in [6.45, 7) is 0.0600. The number of aldehydes is 1. The lowest BCUT2D eigenvalue weighted by atomic mass is 10.2. The van der Waals surface area contributed by atoms with Crippen molar-refractivity contribution in [1.82, 2.24) is 0 Å². The second-order valence-electron chi connectivity index (χ2n) is 6.13. The Morgan fingerprint density at radius 2 is 1.41 bits per heavy atom. The van der Waals surface area contributed by atoms with Crippen molar-refractivity contribution in [2.45, 2.75) is 12.7 Å². The molecule has 3 aromatic carbocycles. The van der Waals surface area contributed by atoms with Crippen LogP contribution in [0.25, 0.3) is 0 Å². The zero-order valence-electron chi connectivity index (χ0n) is 15.5. The van der Waals surface area contributed by atoms with E-state index in [2.05, 4.69) is 0 Å². The fraction of sp³-hybridized carbons (Fsp3) is 0.130. The maximum atomic E-state index is 12.9. The van der Waals surface area contributed by atoms with Crippen molar-refractivity contribution < 1.29 is 28.2 Å². The van der Waals surface area contributed by atoms with Crippen molar-refractivity contribution in [3.05, 3.63) is 90.2 Å². The van der Waals surface area contributed by atoms with Crippen LogP contribution in [-0.2, 0) is 16.2 Å². The van der Waals surface area contributed by atoms with Gasteiger partial charge in [-0.3, -0.25) is 9.59 Å². The third-order valence-corrected chi connectivity index (χ3v) is 3.97. The van der Waals surface area contributed by atoms with Crippen LogP contribution in [0.15, 0.2) is 78.9 Å². The summed E-state index contributed by atoms with van der Waals surface area (Å²) in [5.74, 6) is 0.353. The number of halogens is 1. The van der Waals surface area contributed by atoms with Crippen molar-refractivity contribution in [2.24, 2.45) is 0 Å². The van der Waals surface area contributed by atoms with Crippen LogP contribution in [0, 0.1) is 5.82 Å². The van der Waals surface area contributed by atoms with Gasteiger partial charge in [0.1, 0.15) is 29.7 Å². The van der Waals surface area contributed by atoms with E-state index in [0.29, 0.717) is 30.1 Å². The van der Waals surface area contributed by atoms with Crippen LogP contribution in [0.5, 0.6) is 17.2 Å². The smallest absolute Gasteiger partial charge is 0.217 e. The molecule has 1 atom stereocenters. The van der Waals surface area contributed by atoms with E-state index in [9.17, 15) is 14.0 Å². The molecular formula is C23H19FO5. The van der Waals surface area contributed by atoms with Gasteiger partial charge in [-0.1, -0.05) is 30.3 Å². The standard InChI is InChI=1S/C23H19FO5/c24-18-6-8-19(9-7-18)28-16-22(26)23(14-25)29-21-12-10-20(11-13-21)27-15-17-4-2-1-3-5-17/h1-14,23H,15-16H2. The third kappa shape index (κ3) is 6.17. The quantitative estimate of drug-likeness (QED) is 0.384. The average Bonchev–Trinajstić information content (AvgIpc) is 2.77. The Kier molecular flexibility index (Phi) is 6.95. The molecule has 0 radical (unpaired) electrons. The summed E-state index contributed by atoms with van der Waals surface area (Å²) in [5, 5.41) is 0. The fourth-order valence-corrected chi connectivity index (χ4v) is 2.44. The number of hydrogen-bond acceptors (Lipinski definition) is 5. The molecule has 0 saturated heterocycles. The molecule has 0 aliphatic carbocycles. The van der Waals surface area contributed by atoms with E-state index in [0.717, 1.165) is 5.56 Å². The molecule has 0 spiro atoms. The fourth-order valence-electron chi connectivity index (χ4n) is 2.44. The van der Waals surface area contributed by atoms with Crippen molar-refractivity contribution in [3.63, 3.8) is 0 Å². The van der Waals surface area contributed by atoms with Gasteiger partial charge in [0.2, 0.25) is 11.9 Å². The molecule has 0 aliphatic heterocycles. The van der Waals surface area contributed by atoms with E-state index in [-0.39, 0.29) is 6.61 Å². The molecule has 0 N–H and O–H groups in total. The van der Waals surface area contributed by atoms with Gasteiger partial charge < -0.3 is 14.2 Å². The first-order valence-corrected chi connectivity index (χ1v) is 8.94. The summed E-state index contributed by atoms with van der Waals surface area (Å²) in [6.07, 6.45) is -0.887. The normalized spacial score (nSPS) is 11.3. The lowest BCUT2D eigenvalue weighted by Crippen LogP contribution is -2.33. The third-order valence-electron chi connectivity index (χ3n) is 3.97. The van der Waals surface area contributed by atoms with Gasteiger partial charge in [-0.25, -0.2) is 4.39 Å². The van der Waals surface area contributed by atoms with Crippen molar-refractivity contribution in [1.29, 1.82) is 0 Å². The molecule has 1 unspecified atom stereocenters. The Balaban J connectivity index is 1.50. The number of ketones is 1. The number of carbonyl (C=O) groups excluding carboxylic acids is 2. The van der Waals surface area contributed by atoms with E-state index < -0.39 is 17.7 Å². The van der Waals surface area contributed by atoms with E-state index >= 15 is 0 Å². The summed E-state index contributed by atoms with van der Waals surface area (Å²) >= 11 is 0. The van der Waals surface area contributed by atoms with Gasteiger partial charge in [0.15, 0.2) is 12.9 Å². The molecule has 0 aromatic heterocycles. The predicted molar refractivity (Wildman–Crippen MR) is 105 cm³/mol. The Morgan fingerprint density at radius 3 is 2.07 bits per heavy atom. The first-order chi connectivity index (χ1) is 14.1. The summed E-state index contributed by atoms with van der Waals surface area (Å²) in [4.78, 5) is 23.4. The number of ether oxygens (including phenoxy) is 3. The minimum Gasteiger partial charge on any atom is -0.489 e. The largest absolute Gasteiger partial charge is 0.489 e. The highest BCUT2D eigenvalue weighted by atomic mass is 19.1. The Bertz CT molecular complexity index is 924.